The lowest BCUT2D eigenvalue weighted by atomic mass is 10.1. The van der Waals surface area contributed by atoms with Crippen molar-refractivity contribution < 1.29 is 4.42 Å². The van der Waals surface area contributed by atoms with E-state index in [0.717, 1.165) is 17.0 Å². The number of rotatable bonds is 4. The smallest absolute Gasteiger partial charge is 0.169 e. The second-order valence-electron chi connectivity index (χ2n) is 3.62. The van der Waals surface area contributed by atoms with Crippen LogP contribution in [0.1, 0.15) is 29.2 Å². The third-order valence-electron chi connectivity index (χ3n) is 2.37. The van der Waals surface area contributed by atoms with Crippen molar-refractivity contribution in [3.63, 3.8) is 0 Å². The van der Waals surface area contributed by atoms with Crippen LogP contribution in [0.5, 0.6) is 0 Å². The third kappa shape index (κ3) is 2.56. The quantitative estimate of drug-likeness (QED) is 0.919. The summed E-state index contributed by atoms with van der Waals surface area (Å²) in [5.74, 6) is 0.950. The van der Waals surface area contributed by atoms with Gasteiger partial charge < -0.3 is 9.73 Å². The highest BCUT2D eigenvalue weighted by Crippen LogP contribution is 2.28. The molecule has 16 heavy (non-hydrogen) atoms. The average Bonchev–Trinajstić information content (AvgIpc) is 2.84. The summed E-state index contributed by atoms with van der Waals surface area (Å²) in [6, 6.07) is 6.29. The van der Waals surface area contributed by atoms with E-state index < -0.39 is 0 Å². The maximum Gasteiger partial charge on any atom is 0.169 e. The van der Waals surface area contributed by atoms with Gasteiger partial charge in [0.15, 0.2) is 4.67 Å². The molecule has 0 aliphatic carbocycles. The first-order valence-corrected chi connectivity index (χ1v) is 6.91. The fourth-order valence-corrected chi connectivity index (χ4v) is 2.73. The normalized spacial score (nSPS) is 12.9. The first kappa shape index (κ1) is 11.9. The summed E-state index contributed by atoms with van der Waals surface area (Å²) >= 11 is 5.10. The van der Waals surface area contributed by atoms with Crippen LogP contribution in [0.4, 0.5) is 0 Å². The van der Waals surface area contributed by atoms with E-state index in [1.54, 1.807) is 11.3 Å². The highest BCUT2D eigenvalue weighted by Gasteiger charge is 2.17. The summed E-state index contributed by atoms with van der Waals surface area (Å²) in [4.78, 5) is 1.32. The van der Waals surface area contributed by atoms with Crippen LogP contribution in [0, 0.1) is 6.92 Å². The van der Waals surface area contributed by atoms with E-state index in [4.69, 9.17) is 4.42 Å². The van der Waals surface area contributed by atoms with Gasteiger partial charge in [-0.25, -0.2) is 0 Å². The van der Waals surface area contributed by atoms with Crippen molar-refractivity contribution in [1.82, 2.24) is 5.32 Å². The van der Waals surface area contributed by atoms with Crippen LogP contribution in [0.25, 0.3) is 0 Å². The molecule has 0 saturated heterocycles. The maximum atomic E-state index is 5.62. The molecule has 0 bridgehead atoms. The lowest BCUT2D eigenvalue weighted by molar-refractivity contribution is 0.438. The van der Waals surface area contributed by atoms with Gasteiger partial charge in [0, 0.05) is 4.88 Å². The van der Waals surface area contributed by atoms with Gasteiger partial charge >= 0.3 is 0 Å². The molecule has 0 saturated carbocycles. The molecule has 2 aromatic rings. The van der Waals surface area contributed by atoms with E-state index in [1.807, 2.05) is 12.1 Å². The summed E-state index contributed by atoms with van der Waals surface area (Å²) in [5.41, 5.74) is 1.27. The molecular weight excluding hydrogens is 286 g/mol. The number of halogens is 1. The molecule has 1 N–H and O–H groups in total. The first-order chi connectivity index (χ1) is 7.70. The molecule has 0 radical (unpaired) electrons. The molecule has 0 aromatic carbocycles. The molecule has 1 unspecified atom stereocenters. The highest BCUT2D eigenvalue weighted by molar-refractivity contribution is 9.10. The summed E-state index contributed by atoms with van der Waals surface area (Å²) in [7, 11) is 0. The first-order valence-electron chi connectivity index (χ1n) is 5.24. The van der Waals surface area contributed by atoms with Crippen LogP contribution in [0.2, 0.25) is 0 Å². The molecule has 2 rings (SSSR count). The molecule has 2 aromatic heterocycles. The maximum absolute atomic E-state index is 5.62. The molecule has 0 spiro atoms. The Morgan fingerprint density at radius 2 is 2.31 bits per heavy atom. The molecule has 0 amide bonds. The van der Waals surface area contributed by atoms with Crippen LogP contribution in [0.3, 0.4) is 0 Å². The van der Waals surface area contributed by atoms with Crippen molar-refractivity contribution in [2.24, 2.45) is 0 Å². The Hall–Kier alpha value is -0.580. The van der Waals surface area contributed by atoms with Gasteiger partial charge in [-0.2, -0.15) is 0 Å². The van der Waals surface area contributed by atoms with Crippen molar-refractivity contribution in [2.45, 2.75) is 19.9 Å². The summed E-state index contributed by atoms with van der Waals surface area (Å²) in [5, 5.41) is 5.61. The molecule has 2 heterocycles. The van der Waals surface area contributed by atoms with E-state index in [2.05, 4.69) is 46.5 Å². The molecule has 0 aliphatic heterocycles. The Morgan fingerprint density at radius 1 is 1.50 bits per heavy atom. The number of hydrogen-bond donors (Lipinski definition) is 1. The highest BCUT2D eigenvalue weighted by atomic mass is 79.9. The van der Waals surface area contributed by atoms with Crippen LogP contribution in [0.15, 0.2) is 32.7 Å². The molecule has 1 atom stereocenters. The second kappa shape index (κ2) is 5.17. The van der Waals surface area contributed by atoms with Gasteiger partial charge in [-0.15, -0.1) is 11.3 Å². The Morgan fingerprint density at radius 3 is 2.81 bits per heavy atom. The minimum atomic E-state index is 0.154. The number of aryl methyl sites for hydroxylation is 1. The van der Waals surface area contributed by atoms with Crippen molar-refractivity contribution in [3.05, 3.63) is 44.4 Å². The van der Waals surface area contributed by atoms with Crippen LogP contribution in [-0.2, 0) is 0 Å². The Kier molecular flexibility index (Phi) is 3.84. The molecule has 0 fully saturated rings. The van der Waals surface area contributed by atoms with Crippen molar-refractivity contribution in [1.29, 1.82) is 0 Å². The Balaban J connectivity index is 2.30. The number of furan rings is 1. The monoisotopic (exact) mass is 299 g/mol. The van der Waals surface area contributed by atoms with E-state index in [9.17, 15) is 0 Å². The SMILES string of the molecule is CCNC(c1csc(C)c1)c1ccc(Br)o1. The van der Waals surface area contributed by atoms with Crippen molar-refractivity contribution in [2.75, 3.05) is 6.54 Å². The predicted molar refractivity (Wildman–Crippen MR) is 71.0 cm³/mol. The summed E-state index contributed by atoms with van der Waals surface area (Å²) < 4.78 is 6.40. The molecule has 4 heteroatoms. The zero-order chi connectivity index (χ0) is 11.5. The van der Waals surface area contributed by atoms with Gasteiger partial charge in [0.2, 0.25) is 0 Å². The van der Waals surface area contributed by atoms with Gasteiger partial charge in [0.25, 0.3) is 0 Å². The van der Waals surface area contributed by atoms with Crippen LogP contribution < -0.4 is 5.32 Å². The second-order valence-corrected chi connectivity index (χ2v) is 5.52. The molecule has 86 valence electrons. The largest absolute Gasteiger partial charge is 0.452 e. The lowest BCUT2D eigenvalue weighted by Gasteiger charge is -2.13. The van der Waals surface area contributed by atoms with Gasteiger partial charge in [-0.1, -0.05) is 6.92 Å². The zero-order valence-corrected chi connectivity index (χ0v) is 11.7. The molecule has 0 aliphatic rings. The van der Waals surface area contributed by atoms with Gasteiger partial charge in [0.1, 0.15) is 5.76 Å². The Bertz CT molecular complexity index is 423. The molecule has 2 nitrogen and oxygen atoms in total. The average molecular weight is 300 g/mol. The van der Waals surface area contributed by atoms with Crippen molar-refractivity contribution in [3.8, 4) is 0 Å². The lowest BCUT2D eigenvalue weighted by Crippen LogP contribution is -2.20. The zero-order valence-electron chi connectivity index (χ0n) is 9.29. The predicted octanol–water partition coefficient (Wildman–Crippen LogP) is 4.11. The fourth-order valence-electron chi connectivity index (χ4n) is 1.69. The summed E-state index contributed by atoms with van der Waals surface area (Å²) in [6.45, 7) is 5.14. The van der Waals surface area contributed by atoms with E-state index in [1.165, 1.54) is 10.4 Å². The fraction of sp³-hybridized carbons (Fsp3) is 0.333. The topological polar surface area (TPSA) is 25.2 Å². The number of hydrogen-bond acceptors (Lipinski definition) is 3. The Labute approximate surface area is 108 Å². The third-order valence-corrected chi connectivity index (χ3v) is 3.68. The van der Waals surface area contributed by atoms with E-state index in [0.29, 0.717) is 0 Å². The van der Waals surface area contributed by atoms with E-state index >= 15 is 0 Å². The van der Waals surface area contributed by atoms with E-state index in [-0.39, 0.29) is 6.04 Å². The number of nitrogens with one attached hydrogen (secondary N) is 1. The van der Waals surface area contributed by atoms with Crippen LogP contribution >= 0.6 is 27.3 Å². The van der Waals surface area contributed by atoms with Gasteiger partial charge in [-0.05, 0) is 58.5 Å². The van der Waals surface area contributed by atoms with Crippen LogP contribution in [-0.4, -0.2) is 6.54 Å². The molecular formula is C12H14BrNOS. The minimum absolute atomic E-state index is 0.154. The van der Waals surface area contributed by atoms with Gasteiger partial charge in [-0.3, -0.25) is 0 Å². The van der Waals surface area contributed by atoms with Crippen molar-refractivity contribution >= 4 is 27.3 Å². The van der Waals surface area contributed by atoms with Gasteiger partial charge in [0.05, 0.1) is 6.04 Å². The minimum Gasteiger partial charge on any atom is -0.452 e. The standard InChI is InChI=1S/C12H14BrNOS/c1-3-14-12(9-6-8(2)16-7-9)10-4-5-11(13)15-10/h4-7,12,14H,3H2,1-2H3. The number of thiophene rings is 1. The summed E-state index contributed by atoms with van der Waals surface area (Å²) in [6.07, 6.45) is 0.